The first-order chi connectivity index (χ1) is 40.4. The number of non-ortho nitro benzene ring substituents is 4. The van der Waals surface area contributed by atoms with Gasteiger partial charge in [0.2, 0.25) is 0 Å². The summed E-state index contributed by atoms with van der Waals surface area (Å²) in [5.74, 6) is 0. The fourth-order valence-corrected chi connectivity index (χ4v) is 11.3. The Kier molecular flexibility index (Phi) is 26.2. The van der Waals surface area contributed by atoms with Crippen LogP contribution >= 0.6 is 63.7 Å². The summed E-state index contributed by atoms with van der Waals surface area (Å²) in [6.07, 6.45) is 7.42. The molecule has 0 aliphatic carbocycles. The molecule has 10 rings (SSSR count). The highest BCUT2D eigenvalue weighted by atomic mass is 79.9. The SMILES string of the molecule is CN1CCN(Cc2cc(Br)cc([N+](=O)[O-])c2)CC1.Cc1cc(Br)cc([N+](=O)[O-])c1.Cc1cn(-c2cc(CN3CCN(C)CC3)cc([N+](=O)[O-])c2)cn1.Cc1cn(-c2cc(N)cc(CN3CCN(C)CC3)c2)cn1.O=[N+]([O-])c1cc(Br)cc(CBr)c1. The number of imidazole rings is 2. The molecule has 3 aliphatic heterocycles. The number of aromatic nitrogens is 4. The lowest BCUT2D eigenvalue weighted by molar-refractivity contribution is -0.385. The number of piperazine rings is 3. The lowest BCUT2D eigenvalue weighted by atomic mass is 10.1. The average Bonchev–Trinajstić information content (AvgIpc) is 4.37. The van der Waals surface area contributed by atoms with Gasteiger partial charge in [-0.25, -0.2) is 9.97 Å². The van der Waals surface area contributed by atoms with Gasteiger partial charge in [-0.15, -0.1) is 0 Å². The van der Waals surface area contributed by atoms with Crippen molar-refractivity contribution in [3.8, 4) is 11.4 Å². The van der Waals surface area contributed by atoms with E-state index in [9.17, 15) is 40.5 Å². The second-order valence-electron chi connectivity index (χ2n) is 21.2. The number of rotatable bonds is 13. The van der Waals surface area contributed by atoms with Crippen LogP contribution in [0.25, 0.3) is 11.4 Å². The number of nitro groups is 4. The van der Waals surface area contributed by atoms with Gasteiger partial charge in [0, 0.05) is 189 Å². The van der Waals surface area contributed by atoms with Crippen molar-refractivity contribution in [3.63, 3.8) is 0 Å². The zero-order valence-corrected chi connectivity index (χ0v) is 54.7. The summed E-state index contributed by atoms with van der Waals surface area (Å²) in [7, 11) is 6.41. The van der Waals surface area contributed by atoms with Gasteiger partial charge in [0.05, 0.1) is 49.4 Å². The first-order valence-electron chi connectivity index (χ1n) is 27.2. The molecule has 454 valence electrons. The molecule has 3 fully saturated rings. The third-order valence-corrected chi connectivity index (χ3v) is 15.9. The molecule has 85 heavy (non-hydrogen) atoms. The van der Waals surface area contributed by atoms with Crippen LogP contribution in [0.1, 0.15) is 39.2 Å². The molecular weight excluding hydrogens is 1350 g/mol. The third kappa shape index (κ3) is 22.8. The van der Waals surface area contributed by atoms with Crippen LogP contribution in [0.4, 0.5) is 28.4 Å². The van der Waals surface area contributed by atoms with Gasteiger partial charge in [0.1, 0.15) is 0 Å². The predicted octanol–water partition coefficient (Wildman–Crippen LogP) is 11.4. The maximum absolute atomic E-state index is 11.2. The largest absolute Gasteiger partial charge is 0.399 e. The zero-order chi connectivity index (χ0) is 61.9. The lowest BCUT2D eigenvalue weighted by Crippen LogP contribution is -2.43. The molecule has 0 atom stereocenters. The fraction of sp³-hybridized carbons (Fsp3) is 0.379. The molecular formula is C58H71Br4N15O8. The van der Waals surface area contributed by atoms with Crippen molar-refractivity contribution >= 4 is 92.2 Å². The van der Waals surface area contributed by atoms with E-state index >= 15 is 0 Å². The molecule has 2 aromatic heterocycles. The van der Waals surface area contributed by atoms with Crippen LogP contribution < -0.4 is 5.73 Å². The molecule has 0 bridgehead atoms. The van der Waals surface area contributed by atoms with Crippen molar-refractivity contribution in [1.29, 1.82) is 0 Å². The minimum absolute atomic E-state index is 0.110. The molecule has 3 saturated heterocycles. The molecule has 0 amide bonds. The molecule has 27 heteroatoms. The summed E-state index contributed by atoms with van der Waals surface area (Å²) >= 11 is 12.9. The third-order valence-electron chi connectivity index (χ3n) is 13.9. The normalized spacial score (nSPS) is 15.2. The Morgan fingerprint density at radius 1 is 0.435 bits per heavy atom. The van der Waals surface area contributed by atoms with Crippen molar-refractivity contribution in [1.82, 2.24) is 48.5 Å². The predicted molar refractivity (Wildman–Crippen MR) is 346 cm³/mol. The van der Waals surface area contributed by atoms with Crippen molar-refractivity contribution < 1.29 is 19.7 Å². The maximum atomic E-state index is 11.2. The number of anilines is 1. The standard InChI is InChI=1S/C16H21N5O2.C16H23N5.C12H16BrN3O2.C7H5Br2NO2.C7H6BrNO2/c1-13-10-20(12-17-13)15-7-14(8-16(9-15)21(22)23)11-19-5-3-18(2)4-6-19;1-13-10-21(12-18-13)16-8-14(7-15(17)9-16)11-20-5-3-19(2)4-6-20;1-14-2-4-15(5-3-14)9-10-6-11(13)8-12(7-10)16(17)18;8-4-5-1-6(9)3-7(2-5)10(11)12;1-5-2-6(8)4-7(3-5)9(10)11/h7-10,12H,3-6,11H2,1-2H3;7-10,12H,3-6,11,17H2,1-2H3;6-8H,2-5,9H2,1H3;1-3H,4H2;2-4H,1H3. The molecule has 7 aromatic rings. The molecule has 5 heterocycles. The Morgan fingerprint density at radius 2 is 0.765 bits per heavy atom. The first kappa shape index (κ1) is 67.7. The van der Waals surface area contributed by atoms with E-state index in [1.807, 2.05) is 79.0 Å². The smallest absolute Gasteiger partial charge is 0.271 e. The Labute approximate surface area is 528 Å². The lowest BCUT2D eigenvalue weighted by Gasteiger charge is -2.32. The van der Waals surface area contributed by atoms with Crippen LogP contribution in [0.15, 0.2) is 129 Å². The van der Waals surface area contributed by atoms with E-state index in [1.54, 1.807) is 30.6 Å². The van der Waals surface area contributed by atoms with Gasteiger partial charge < -0.3 is 29.6 Å². The van der Waals surface area contributed by atoms with E-state index in [1.165, 1.54) is 29.8 Å². The zero-order valence-electron chi connectivity index (χ0n) is 48.4. The van der Waals surface area contributed by atoms with Gasteiger partial charge in [0.25, 0.3) is 22.7 Å². The number of hydrogen-bond donors (Lipinski definition) is 1. The summed E-state index contributed by atoms with van der Waals surface area (Å²) in [5.41, 5.74) is 16.1. The quantitative estimate of drug-likeness (QED) is 0.0487. The average molecular weight is 1430 g/mol. The van der Waals surface area contributed by atoms with Crippen LogP contribution in [0, 0.1) is 61.2 Å². The van der Waals surface area contributed by atoms with Gasteiger partial charge in [-0.1, -0.05) is 63.7 Å². The Bertz CT molecular complexity index is 3360. The second kappa shape index (κ2) is 32.9. The van der Waals surface area contributed by atoms with Gasteiger partial charge in [-0.2, -0.15) is 0 Å². The summed E-state index contributed by atoms with van der Waals surface area (Å²) in [4.78, 5) is 63.8. The first-order valence-corrected chi connectivity index (χ1v) is 30.7. The molecule has 23 nitrogen and oxygen atoms in total. The minimum atomic E-state index is -0.406. The number of hydrogen-bond acceptors (Lipinski definition) is 17. The Morgan fingerprint density at radius 3 is 1.13 bits per heavy atom. The van der Waals surface area contributed by atoms with Crippen LogP contribution in [-0.2, 0) is 25.0 Å². The van der Waals surface area contributed by atoms with E-state index < -0.39 is 9.85 Å². The minimum Gasteiger partial charge on any atom is -0.399 e. The van der Waals surface area contributed by atoms with Crippen molar-refractivity contribution in [2.75, 3.05) is 105 Å². The molecule has 0 radical (unpaired) electrons. The maximum Gasteiger partial charge on any atom is 0.271 e. The van der Waals surface area contributed by atoms with Crippen LogP contribution in [0.5, 0.6) is 0 Å². The van der Waals surface area contributed by atoms with E-state index in [0.717, 1.165) is 162 Å². The van der Waals surface area contributed by atoms with Crippen LogP contribution in [0.3, 0.4) is 0 Å². The van der Waals surface area contributed by atoms with E-state index in [0.29, 0.717) is 5.33 Å². The monoisotopic (exact) mass is 1420 g/mol. The van der Waals surface area contributed by atoms with Gasteiger partial charge in [0.15, 0.2) is 0 Å². The van der Waals surface area contributed by atoms with E-state index in [2.05, 4.69) is 136 Å². The number of nitrogen functional groups attached to an aromatic ring is 1. The van der Waals surface area contributed by atoms with Crippen molar-refractivity contribution in [2.45, 2.75) is 45.7 Å². The van der Waals surface area contributed by atoms with Crippen molar-refractivity contribution in [3.05, 3.63) is 209 Å². The molecule has 0 unspecified atom stereocenters. The molecule has 3 aliphatic rings. The topological polar surface area (TPSA) is 254 Å². The van der Waals surface area contributed by atoms with Crippen LogP contribution in [0.2, 0.25) is 0 Å². The van der Waals surface area contributed by atoms with Crippen molar-refractivity contribution in [2.24, 2.45) is 0 Å². The Hall–Kier alpha value is -6.40. The number of likely N-dealkylation sites (N-methyl/N-ethyl adjacent to an activating group) is 3. The van der Waals surface area contributed by atoms with Gasteiger partial charge >= 0.3 is 0 Å². The molecule has 0 spiro atoms. The van der Waals surface area contributed by atoms with Crippen LogP contribution in [-0.4, -0.2) is 168 Å². The summed E-state index contributed by atoms with van der Waals surface area (Å²) < 4.78 is 6.09. The summed E-state index contributed by atoms with van der Waals surface area (Å²) in [6, 6.07) is 26.4. The number of nitro benzene ring substituents is 4. The number of halogens is 4. The fourth-order valence-electron chi connectivity index (χ4n) is 9.33. The summed E-state index contributed by atoms with van der Waals surface area (Å²) in [6.45, 7) is 20.8. The van der Waals surface area contributed by atoms with Gasteiger partial charge in [-0.05, 0) is 112 Å². The number of nitrogens with two attached hydrogens (primary N) is 1. The van der Waals surface area contributed by atoms with Gasteiger partial charge in [-0.3, -0.25) is 55.2 Å². The highest BCUT2D eigenvalue weighted by Gasteiger charge is 2.20. The van der Waals surface area contributed by atoms with E-state index in [-0.39, 0.29) is 32.6 Å². The molecule has 0 saturated carbocycles. The number of nitrogens with zero attached hydrogens (tertiary/aromatic N) is 14. The second-order valence-corrected chi connectivity index (χ2v) is 24.5. The highest BCUT2D eigenvalue weighted by Crippen LogP contribution is 2.26. The number of aryl methyl sites for hydroxylation is 3. The summed E-state index contributed by atoms with van der Waals surface area (Å²) in [5, 5.41) is 43.3. The highest BCUT2D eigenvalue weighted by molar-refractivity contribution is 9.11. The number of benzene rings is 5. The Balaban J connectivity index is 0.000000175. The molecule has 5 aromatic carbocycles. The molecule has 2 N–H and O–H groups in total. The number of alkyl halides is 1. The van der Waals surface area contributed by atoms with E-state index in [4.69, 9.17) is 5.73 Å².